The molecule has 0 spiro atoms. The molecule has 40 heavy (non-hydrogen) atoms. The van der Waals surface area contributed by atoms with Gasteiger partial charge in [0.25, 0.3) is 0 Å². The number of rotatable bonds is 6. The number of aromatic nitrogens is 2. The molecule has 4 N–H and O–H groups in total. The summed E-state index contributed by atoms with van der Waals surface area (Å²) in [5, 5.41) is 16.5. The number of nitrogens with zero attached hydrogens (tertiary/aromatic N) is 3. The second-order valence-corrected chi connectivity index (χ2v) is 11.2. The Bertz CT molecular complexity index is 1670. The zero-order valence-electron chi connectivity index (χ0n) is 21.7. The maximum absolute atomic E-state index is 15.5. The van der Waals surface area contributed by atoms with Gasteiger partial charge in [0, 0.05) is 34.3 Å². The summed E-state index contributed by atoms with van der Waals surface area (Å²) in [6, 6.07) is 18.6. The molecule has 0 amide bonds. The second kappa shape index (κ2) is 10.0. The van der Waals surface area contributed by atoms with Gasteiger partial charge in [0.15, 0.2) is 5.69 Å². The summed E-state index contributed by atoms with van der Waals surface area (Å²) in [6.45, 7) is 2.05. The topological polar surface area (TPSA) is 119 Å². The number of aliphatic hydroxyl groups is 1. The van der Waals surface area contributed by atoms with Crippen molar-refractivity contribution in [1.82, 2.24) is 9.78 Å². The van der Waals surface area contributed by atoms with Crippen molar-refractivity contribution in [3.05, 3.63) is 89.2 Å². The third-order valence-electron chi connectivity index (χ3n) is 6.73. The molecule has 1 aromatic heterocycles. The SMILES string of the molecule is Cn1nc(C(F)(F)C(C)(C)O)c2c1-c1ccc(-c3cccc(S(=O)[O-])c3)cc1N(/C(=C\N)c1ccc(Cl)cc1)N2. The molecule has 0 saturated carbocycles. The van der Waals surface area contributed by atoms with Gasteiger partial charge in [-0.3, -0.25) is 19.3 Å². The van der Waals surface area contributed by atoms with Crippen LogP contribution in [0.5, 0.6) is 0 Å². The monoisotopic (exact) mass is 584 g/mol. The van der Waals surface area contributed by atoms with Crippen LogP contribution in [0.25, 0.3) is 28.1 Å². The van der Waals surface area contributed by atoms with Crippen molar-refractivity contribution in [2.24, 2.45) is 12.8 Å². The normalized spacial score (nSPS) is 14.4. The average molecular weight is 585 g/mol. The number of hydrogen-bond donors (Lipinski definition) is 3. The zero-order chi connectivity index (χ0) is 29.0. The molecule has 0 fully saturated rings. The number of nitrogens with one attached hydrogen (secondary N) is 1. The van der Waals surface area contributed by atoms with E-state index in [1.165, 1.54) is 16.9 Å². The molecule has 12 heteroatoms. The molecule has 0 bridgehead atoms. The molecule has 1 aliphatic heterocycles. The molecule has 1 aliphatic rings. The van der Waals surface area contributed by atoms with Crippen molar-refractivity contribution >= 4 is 39.8 Å². The van der Waals surface area contributed by atoms with E-state index in [1.807, 2.05) is 0 Å². The van der Waals surface area contributed by atoms with Gasteiger partial charge in [-0.15, -0.1) is 0 Å². The van der Waals surface area contributed by atoms with Gasteiger partial charge in [0.05, 0.1) is 17.1 Å². The van der Waals surface area contributed by atoms with Crippen LogP contribution in [-0.2, 0) is 24.1 Å². The molecule has 0 radical (unpaired) electrons. The van der Waals surface area contributed by atoms with Crippen LogP contribution in [-0.4, -0.2) is 29.2 Å². The van der Waals surface area contributed by atoms with Crippen LogP contribution < -0.4 is 16.2 Å². The third kappa shape index (κ3) is 4.64. The number of aryl methyl sites for hydroxylation is 1. The summed E-state index contributed by atoms with van der Waals surface area (Å²) >= 11 is 3.68. The van der Waals surface area contributed by atoms with E-state index >= 15 is 8.78 Å². The van der Waals surface area contributed by atoms with Crippen molar-refractivity contribution in [2.45, 2.75) is 30.3 Å². The molecule has 1 atom stereocenters. The summed E-state index contributed by atoms with van der Waals surface area (Å²) in [5.74, 6) is -3.71. The Balaban J connectivity index is 1.76. The number of fused-ring (bicyclic) bond motifs is 3. The van der Waals surface area contributed by atoms with Crippen molar-refractivity contribution in [3.63, 3.8) is 0 Å². The number of anilines is 2. The molecule has 0 saturated heterocycles. The van der Waals surface area contributed by atoms with E-state index in [0.717, 1.165) is 13.8 Å². The number of nitrogens with two attached hydrogens (primary N) is 1. The molecular weight excluding hydrogens is 560 g/mol. The highest BCUT2D eigenvalue weighted by Gasteiger charge is 2.52. The molecule has 2 heterocycles. The minimum atomic E-state index is -3.71. The highest BCUT2D eigenvalue weighted by molar-refractivity contribution is 7.79. The zero-order valence-corrected chi connectivity index (χ0v) is 23.2. The number of halogens is 3. The van der Waals surface area contributed by atoms with Crippen LogP contribution >= 0.6 is 11.6 Å². The van der Waals surface area contributed by atoms with E-state index in [4.69, 9.17) is 17.3 Å². The van der Waals surface area contributed by atoms with Crippen molar-refractivity contribution in [1.29, 1.82) is 0 Å². The first-order chi connectivity index (χ1) is 18.8. The van der Waals surface area contributed by atoms with Gasteiger partial charge in [-0.1, -0.05) is 41.9 Å². The highest BCUT2D eigenvalue weighted by atomic mass is 35.5. The Morgan fingerprint density at radius 1 is 1.12 bits per heavy atom. The largest absolute Gasteiger partial charge is 0.768 e. The maximum atomic E-state index is 15.5. The number of alkyl halides is 2. The Morgan fingerprint density at radius 2 is 1.80 bits per heavy atom. The van der Waals surface area contributed by atoms with Crippen molar-refractivity contribution in [2.75, 3.05) is 10.4 Å². The molecule has 1 unspecified atom stereocenters. The quantitative estimate of drug-likeness (QED) is 0.252. The molecule has 3 aromatic carbocycles. The first kappa shape index (κ1) is 27.8. The first-order valence-electron chi connectivity index (χ1n) is 12.1. The smallest absolute Gasteiger partial charge is 0.321 e. The van der Waals surface area contributed by atoms with E-state index in [0.29, 0.717) is 44.4 Å². The van der Waals surface area contributed by atoms with Crippen LogP contribution in [0.3, 0.4) is 0 Å². The van der Waals surface area contributed by atoms with Crippen molar-refractivity contribution in [3.8, 4) is 22.4 Å². The Kier molecular flexibility index (Phi) is 6.95. The summed E-state index contributed by atoms with van der Waals surface area (Å²) in [4.78, 5) is 0.126. The second-order valence-electron chi connectivity index (χ2n) is 9.83. The van der Waals surface area contributed by atoms with E-state index in [2.05, 4.69) is 10.5 Å². The summed E-state index contributed by atoms with van der Waals surface area (Å²) in [7, 11) is 1.55. The Labute approximate surface area is 236 Å². The van der Waals surface area contributed by atoms with Gasteiger partial charge in [-0.05, 0) is 72.5 Å². The number of hydrogen-bond acceptors (Lipinski definition) is 7. The fraction of sp³-hybridized carbons (Fsp3) is 0.179. The standard InChI is InChI=1S/C28H26ClF2N5O3S/c1-27(2,37)28(30,31)26-24-25(35(3)34-26)21-12-9-18(17-5-4-6-20(13-17)40(38)39)14-22(21)36(33-24)23(15-32)16-7-10-19(29)11-8-16/h4-15,33,37H,32H2,1-3H3,(H,38,39)/p-1/b23-15-. The number of hydrazine groups is 1. The molecule has 8 nitrogen and oxygen atoms in total. The lowest BCUT2D eigenvalue weighted by Gasteiger charge is -2.36. The molecule has 5 rings (SSSR count). The Hall–Kier alpha value is -3.77. The van der Waals surface area contributed by atoms with Gasteiger partial charge >= 0.3 is 5.92 Å². The summed E-state index contributed by atoms with van der Waals surface area (Å²) in [6.07, 6.45) is 1.34. The Morgan fingerprint density at radius 3 is 2.42 bits per heavy atom. The van der Waals surface area contributed by atoms with Crippen LogP contribution in [0.1, 0.15) is 25.1 Å². The van der Waals surface area contributed by atoms with E-state index in [1.54, 1.807) is 72.7 Å². The molecule has 0 aliphatic carbocycles. The predicted octanol–water partition coefficient (Wildman–Crippen LogP) is 5.61. The number of benzene rings is 3. The van der Waals surface area contributed by atoms with Gasteiger partial charge in [-0.2, -0.15) is 13.9 Å². The first-order valence-corrected chi connectivity index (χ1v) is 13.5. The van der Waals surface area contributed by atoms with Crippen LogP contribution in [0.15, 0.2) is 77.8 Å². The van der Waals surface area contributed by atoms with Gasteiger partial charge < -0.3 is 15.4 Å². The molecule has 208 valence electrons. The lowest BCUT2D eigenvalue weighted by atomic mass is 9.94. The molecule has 4 aromatic rings. The summed E-state index contributed by atoms with van der Waals surface area (Å²) in [5.41, 5.74) is 10.0. The lowest BCUT2D eigenvalue weighted by Crippen LogP contribution is -2.42. The van der Waals surface area contributed by atoms with Gasteiger partial charge in [-0.25, -0.2) is 0 Å². The fourth-order valence-electron chi connectivity index (χ4n) is 4.61. The minimum Gasteiger partial charge on any atom is -0.768 e. The summed E-state index contributed by atoms with van der Waals surface area (Å²) < 4.78 is 55.5. The van der Waals surface area contributed by atoms with Gasteiger partial charge in [0.1, 0.15) is 11.3 Å². The maximum Gasteiger partial charge on any atom is 0.321 e. The van der Waals surface area contributed by atoms with E-state index < -0.39 is 28.3 Å². The lowest BCUT2D eigenvalue weighted by molar-refractivity contribution is -0.170. The van der Waals surface area contributed by atoms with Crippen LogP contribution in [0.2, 0.25) is 5.02 Å². The fourth-order valence-corrected chi connectivity index (χ4v) is 5.15. The minimum absolute atomic E-state index is 0.00642. The highest BCUT2D eigenvalue weighted by Crippen LogP contribution is 2.50. The van der Waals surface area contributed by atoms with Crippen molar-refractivity contribution < 1.29 is 22.6 Å². The van der Waals surface area contributed by atoms with E-state index in [-0.39, 0.29) is 10.6 Å². The molecular formula is C28H25ClF2N5O3S-. The third-order valence-corrected chi connectivity index (χ3v) is 7.62. The van der Waals surface area contributed by atoms with E-state index in [9.17, 15) is 13.9 Å². The van der Waals surface area contributed by atoms with Gasteiger partial charge in [0.2, 0.25) is 0 Å². The average Bonchev–Trinajstić information content (AvgIpc) is 3.26. The van der Waals surface area contributed by atoms with Crippen LogP contribution in [0, 0.1) is 0 Å². The predicted molar refractivity (Wildman–Crippen MR) is 151 cm³/mol. The van der Waals surface area contributed by atoms with Crippen LogP contribution in [0.4, 0.5) is 20.2 Å².